The third-order valence-corrected chi connectivity index (χ3v) is 3.92. The van der Waals surface area contributed by atoms with Gasteiger partial charge in [0.25, 0.3) is 0 Å². The lowest BCUT2D eigenvalue weighted by Crippen LogP contribution is -2.21. The van der Waals surface area contributed by atoms with E-state index < -0.39 is 0 Å². The second-order valence-electron chi connectivity index (χ2n) is 4.73. The van der Waals surface area contributed by atoms with Gasteiger partial charge in [0.1, 0.15) is 5.82 Å². The quantitative estimate of drug-likeness (QED) is 0.868. The molecule has 0 saturated heterocycles. The highest BCUT2D eigenvalue weighted by Crippen LogP contribution is 2.18. The molecule has 3 nitrogen and oxygen atoms in total. The Kier molecular flexibility index (Phi) is 4.55. The van der Waals surface area contributed by atoms with Crippen LogP contribution in [0.2, 0.25) is 0 Å². The van der Waals surface area contributed by atoms with E-state index in [1.54, 1.807) is 0 Å². The molecule has 0 unspecified atom stereocenters. The monoisotopic (exact) mass is 263 g/mol. The molecule has 2 aromatic rings. The number of hydrogen-bond donors (Lipinski definition) is 1. The summed E-state index contributed by atoms with van der Waals surface area (Å²) >= 11 is 1.88. The second-order valence-corrected chi connectivity index (χ2v) is 5.98. The van der Waals surface area contributed by atoms with Crippen LogP contribution in [0.3, 0.4) is 0 Å². The van der Waals surface area contributed by atoms with E-state index in [1.165, 1.54) is 9.75 Å². The summed E-state index contributed by atoms with van der Waals surface area (Å²) in [6, 6.07) is 4.98. The third kappa shape index (κ3) is 3.43. The molecule has 0 amide bonds. The number of aryl methyl sites for hydroxylation is 1. The highest BCUT2D eigenvalue weighted by Gasteiger charge is 2.04. The minimum atomic E-state index is 0.538. The van der Waals surface area contributed by atoms with Crippen LogP contribution in [0, 0.1) is 0 Å². The summed E-state index contributed by atoms with van der Waals surface area (Å²) in [4.78, 5) is 7.14. The van der Waals surface area contributed by atoms with Crippen molar-refractivity contribution in [2.75, 3.05) is 0 Å². The van der Waals surface area contributed by atoms with Gasteiger partial charge in [0.2, 0.25) is 0 Å². The molecule has 1 N–H and O–H groups in total. The van der Waals surface area contributed by atoms with Crippen molar-refractivity contribution in [1.82, 2.24) is 14.9 Å². The zero-order valence-electron chi connectivity index (χ0n) is 11.3. The summed E-state index contributed by atoms with van der Waals surface area (Å²) in [5.41, 5.74) is 0. The summed E-state index contributed by atoms with van der Waals surface area (Å²) in [5.74, 6) is 1.16. The molecule has 98 valence electrons. The number of imidazole rings is 1. The molecule has 0 bridgehead atoms. The van der Waals surface area contributed by atoms with Crippen LogP contribution < -0.4 is 5.32 Å². The molecule has 0 spiro atoms. The normalized spacial score (nSPS) is 11.3. The molecule has 2 aromatic heterocycles. The predicted molar refractivity (Wildman–Crippen MR) is 77.0 cm³/mol. The molecule has 0 radical (unpaired) electrons. The van der Waals surface area contributed by atoms with Gasteiger partial charge in [0, 0.05) is 41.2 Å². The molecule has 2 heterocycles. The van der Waals surface area contributed by atoms with Gasteiger partial charge in [-0.2, -0.15) is 0 Å². The van der Waals surface area contributed by atoms with Crippen LogP contribution in [0.5, 0.6) is 0 Å². The fourth-order valence-electron chi connectivity index (χ4n) is 1.87. The number of thiophene rings is 1. The molecule has 0 aromatic carbocycles. The predicted octanol–water partition coefficient (Wildman–Crippen LogP) is 3.05. The van der Waals surface area contributed by atoms with Gasteiger partial charge in [-0.1, -0.05) is 20.8 Å². The molecule has 0 aliphatic rings. The van der Waals surface area contributed by atoms with Crippen molar-refractivity contribution in [3.8, 4) is 0 Å². The van der Waals surface area contributed by atoms with Gasteiger partial charge in [-0.15, -0.1) is 11.3 Å². The fraction of sp³-hybridized carbons (Fsp3) is 0.500. The summed E-state index contributed by atoms with van der Waals surface area (Å²) in [5, 5.41) is 3.45. The Bertz CT molecular complexity index is 485. The van der Waals surface area contributed by atoms with E-state index in [0.29, 0.717) is 6.04 Å². The van der Waals surface area contributed by atoms with E-state index >= 15 is 0 Å². The highest BCUT2D eigenvalue weighted by atomic mass is 32.1. The number of aromatic nitrogens is 2. The average Bonchev–Trinajstić information content (AvgIpc) is 2.96. The lowest BCUT2D eigenvalue weighted by Gasteiger charge is -2.06. The van der Waals surface area contributed by atoms with Crippen LogP contribution in [0.15, 0.2) is 24.5 Å². The van der Waals surface area contributed by atoms with Crippen LogP contribution in [-0.4, -0.2) is 15.6 Å². The Morgan fingerprint density at radius 1 is 1.33 bits per heavy atom. The van der Waals surface area contributed by atoms with Crippen LogP contribution in [0.1, 0.15) is 36.3 Å². The van der Waals surface area contributed by atoms with E-state index in [-0.39, 0.29) is 0 Å². The number of rotatable bonds is 6. The lowest BCUT2D eigenvalue weighted by molar-refractivity contribution is 0.593. The third-order valence-electron chi connectivity index (χ3n) is 2.85. The van der Waals surface area contributed by atoms with Gasteiger partial charge in [0.05, 0.1) is 6.54 Å². The summed E-state index contributed by atoms with van der Waals surface area (Å²) < 4.78 is 2.23. The second kappa shape index (κ2) is 6.16. The minimum Gasteiger partial charge on any atom is -0.330 e. The first-order valence-electron chi connectivity index (χ1n) is 6.50. The Morgan fingerprint density at radius 2 is 2.11 bits per heavy atom. The molecule has 0 aliphatic heterocycles. The Labute approximate surface area is 113 Å². The van der Waals surface area contributed by atoms with E-state index in [4.69, 9.17) is 0 Å². The minimum absolute atomic E-state index is 0.538. The standard InChI is InChI=1S/C14H21N3S/c1-4-14-15-7-8-17(14)10-13-6-5-12(18-13)9-16-11(2)3/h5-8,11,16H,4,9-10H2,1-3H3. The first-order chi connectivity index (χ1) is 8.69. The smallest absolute Gasteiger partial charge is 0.108 e. The van der Waals surface area contributed by atoms with Crippen molar-refractivity contribution in [2.45, 2.75) is 46.3 Å². The SMILES string of the molecule is CCc1nccn1Cc1ccc(CNC(C)C)s1. The molecule has 0 aliphatic carbocycles. The highest BCUT2D eigenvalue weighted by molar-refractivity contribution is 7.11. The average molecular weight is 263 g/mol. The van der Waals surface area contributed by atoms with Crippen molar-refractivity contribution < 1.29 is 0 Å². The maximum atomic E-state index is 4.35. The molecule has 0 fully saturated rings. The zero-order chi connectivity index (χ0) is 13.0. The number of nitrogens with one attached hydrogen (secondary N) is 1. The zero-order valence-corrected chi connectivity index (χ0v) is 12.1. The van der Waals surface area contributed by atoms with Crippen molar-refractivity contribution in [3.05, 3.63) is 40.1 Å². The molecular formula is C14H21N3S. The Hall–Kier alpha value is -1.13. The van der Waals surface area contributed by atoms with Gasteiger partial charge in [-0.25, -0.2) is 4.98 Å². The largest absolute Gasteiger partial charge is 0.330 e. The van der Waals surface area contributed by atoms with Crippen molar-refractivity contribution in [3.63, 3.8) is 0 Å². The lowest BCUT2D eigenvalue weighted by atomic mass is 10.3. The van der Waals surface area contributed by atoms with E-state index in [9.17, 15) is 0 Å². The fourth-order valence-corrected chi connectivity index (χ4v) is 2.84. The van der Waals surface area contributed by atoms with E-state index in [2.05, 4.69) is 54.0 Å². The van der Waals surface area contributed by atoms with Crippen LogP contribution in [0.4, 0.5) is 0 Å². The van der Waals surface area contributed by atoms with Crippen LogP contribution in [0.25, 0.3) is 0 Å². The molecule has 0 saturated carbocycles. The van der Waals surface area contributed by atoms with Crippen LogP contribution in [-0.2, 0) is 19.5 Å². The molecule has 4 heteroatoms. The molecular weight excluding hydrogens is 242 g/mol. The Balaban J connectivity index is 1.98. The van der Waals surface area contributed by atoms with E-state index in [0.717, 1.165) is 25.3 Å². The maximum absolute atomic E-state index is 4.35. The van der Waals surface area contributed by atoms with Crippen molar-refractivity contribution in [2.24, 2.45) is 0 Å². The Morgan fingerprint density at radius 3 is 2.83 bits per heavy atom. The van der Waals surface area contributed by atoms with Gasteiger partial charge >= 0.3 is 0 Å². The van der Waals surface area contributed by atoms with Crippen molar-refractivity contribution >= 4 is 11.3 Å². The van der Waals surface area contributed by atoms with Gasteiger partial charge in [-0.3, -0.25) is 0 Å². The number of nitrogens with zero attached hydrogens (tertiary/aromatic N) is 2. The first kappa shape index (κ1) is 13.3. The first-order valence-corrected chi connectivity index (χ1v) is 7.31. The van der Waals surface area contributed by atoms with Crippen molar-refractivity contribution in [1.29, 1.82) is 0 Å². The molecule has 18 heavy (non-hydrogen) atoms. The number of hydrogen-bond acceptors (Lipinski definition) is 3. The van der Waals surface area contributed by atoms with E-state index in [1.807, 2.05) is 17.5 Å². The summed E-state index contributed by atoms with van der Waals surface area (Å²) in [6.45, 7) is 8.40. The van der Waals surface area contributed by atoms with Gasteiger partial charge < -0.3 is 9.88 Å². The van der Waals surface area contributed by atoms with Gasteiger partial charge in [0.15, 0.2) is 0 Å². The summed E-state index contributed by atoms with van der Waals surface area (Å²) in [7, 11) is 0. The summed E-state index contributed by atoms with van der Waals surface area (Å²) in [6.07, 6.45) is 4.93. The maximum Gasteiger partial charge on any atom is 0.108 e. The van der Waals surface area contributed by atoms with Gasteiger partial charge in [-0.05, 0) is 12.1 Å². The molecule has 2 rings (SSSR count). The topological polar surface area (TPSA) is 29.9 Å². The molecule has 0 atom stereocenters. The van der Waals surface area contributed by atoms with Crippen LogP contribution >= 0.6 is 11.3 Å².